The van der Waals surface area contributed by atoms with Crippen molar-refractivity contribution < 1.29 is 38.6 Å². The van der Waals surface area contributed by atoms with Gasteiger partial charge in [0.1, 0.15) is 0 Å². The Hall–Kier alpha value is -4.36. The summed E-state index contributed by atoms with van der Waals surface area (Å²) < 4.78 is 11.8. The number of amides is 3. The minimum absolute atomic E-state index is 0.0512. The summed E-state index contributed by atoms with van der Waals surface area (Å²) >= 11 is 0. The summed E-state index contributed by atoms with van der Waals surface area (Å²) in [5.74, 6) is -1.43. The number of para-hydroxylation sites is 1. The molecule has 3 aromatic rings. The zero-order valence-corrected chi connectivity index (χ0v) is 31.4. The number of carbonyl (C=O) groups excluding carboxylic acids is 4. The number of carbonyl (C=O) groups is 4. The van der Waals surface area contributed by atoms with Gasteiger partial charge >= 0.3 is 5.97 Å². The zero-order chi connectivity index (χ0) is 37.2. The molecule has 3 aliphatic heterocycles. The average Bonchev–Trinajstić information content (AvgIpc) is 3.55. The van der Waals surface area contributed by atoms with E-state index < -0.39 is 31.5 Å². The molecule has 1 saturated heterocycles. The van der Waals surface area contributed by atoms with Crippen LogP contribution < -0.4 is 9.80 Å². The Morgan fingerprint density at radius 3 is 2.44 bits per heavy atom. The second-order valence-electron chi connectivity index (χ2n) is 14.6. The largest absolute Gasteiger partial charge is 0.469 e. The molecule has 0 radical (unpaired) electrons. The molecule has 0 saturated carbocycles. The number of unbranched alkanes of at least 4 members (excludes halogenated alkanes) is 1. The summed E-state index contributed by atoms with van der Waals surface area (Å²) in [7, 11) is -1.75. The first-order chi connectivity index (χ1) is 24.9. The van der Waals surface area contributed by atoms with E-state index in [1.165, 1.54) is 7.11 Å². The van der Waals surface area contributed by atoms with Crippen LogP contribution in [0.3, 0.4) is 0 Å². The van der Waals surface area contributed by atoms with Crippen molar-refractivity contribution in [1.82, 2.24) is 4.90 Å². The van der Waals surface area contributed by atoms with Crippen molar-refractivity contribution in [2.75, 3.05) is 36.6 Å². The Balaban J connectivity index is 1.40. The van der Waals surface area contributed by atoms with Gasteiger partial charge in [0.05, 0.1) is 37.6 Å². The summed E-state index contributed by atoms with van der Waals surface area (Å²) in [6.07, 6.45) is 1.40. The van der Waals surface area contributed by atoms with Gasteiger partial charge in [0.2, 0.25) is 11.8 Å². The predicted octanol–water partition coefficient (Wildman–Crippen LogP) is 5.20. The number of hydrogen-bond donors (Lipinski definition) is 2. The number of aliphatic hydroxyl groups excluding tert-OH is 1. The van der Waals surface area contributed by atoms with Gasteiger partial charge in [-0.15, -0.1) is 0 Å². The molecule has 2 N–H and O–H groups in total. The number of aliphatic hydroxyl groups is 1. The second-order valence-corrected chi connectivity index (χ2v) is 18.6. The zero-order valence-electron chi connectivity index (χ0n) is 30.4. The molecule has 4 atom stereocenters. The van der Waals surface area contributed by atoms with Crippen molar-refractivity contribution >= 4 is 49.1 Å². The maximum atomic E-state index is 14.9. The van der Waals surface area contributed by atoms with Crippen LogP contribution in [0.15, 0.2) is 72.8 Å². The van der Waals surface area contributed by atoms with Crippen LogP contribution in [0, 0.1) is 5.92 Å². The van der Waals surface area contributed by atoms with Gasteiger partial charge in [-0.1, -0.05) is 55.5 Å². The Morgan fingerprint density at radius 1 is 1.00 bits per heavy atom. The normalized spacial score (nSPS) is 22.5. The number of esters is 1. The Labute approximate surface area is 306 Å². The van der Waals surface area contributed by atoms with Crippen molar-refractivity contribution in [2.24, 2.45) is 5.92 Å². The van der Waals surface area contributed by atoms with E-state index in [-0.39, 0.29) is 49.7 Å². The molecule has 12 heteroatoms. The Morgan fingerprint density at radius 2 is 1.73 bits per heavy atom. The average molecular weight is 728 g/mol. The highest BCUT2D eigenvalue weighted by molar-refractivity contribution is 6.71. The molecule has 1 spiro atoms. The second kappa shape index (κ2) is 15.3. The predicted molar refractivity (Wildman–Crippen MR) is 199 cm³/mol. The van der Waals surface area contributed by atoms with Crippen LogP contribution in [0.1, 0.15) is 55.7 Å². The summed E-state index contributed by atoms with van der Waals surface area (Å²) in [5, 5.41) is 9.87. The number of anilines is 3. The lowest BCUT2D eigenvalue weighted by Gasteiger charge is -2.33. The van der Waals surface area contributed by atoms with Gasteiger partial charge in [-0.05, 0) is 67.7 Å². The molecular weight excluding hydrogens is 679 g/mol. The van der Waals surface area contributed by atoms with Gasteiger partial charge in [-0.2, -0.15) is 0 Å². The fourth-order valence-electron chi connectivity index (χ4n) is 8.50. The van der Waals surface area contributed by atoms with Gasteiger partial charge in [0, 0.05) is 55.2 Å². The monoisotopic (exact) mass is 727 g/mol. The van der Waals surface area contributed by atoms with Crippen molar-refractivity contribution in [3.8, 4) is 0 Å². The third-order valence-electron chi connectivity index (χ3n) is 10.9. The molecule has 1 fully saturated rings. The molecule has 3 aliphatic rings. The summed E-state index contributed by atoms with van der Waals surface area (Å²) in [6.45, 7) is 6.08. The molecule has 3 aromatic carbocycles. The highest BCUT2D eigenvalue weighted by Crippen LogP contribution is 2.60. The van der Waals surface area contributed by atoms with E-state index in [9.17, 15) is 29.1 Å². The lowest BCUT2D eigenvalue weighted by molar-refractivity contribution is -0.149. The molecule has 11 nitrogen and oxygen atoms in total. The Bertz CT molecular complexity index is 1810. The molecule has 3 amide bonds. The van der Waals surface area contributed by atoms with E-state index in [2.05, 4.69) is 0 Å². The molecule has 3 heterocycles. The van der Waals surface area contributed by atoms with E-state index in [1.807, 2.05) is 92.8 Å². The minimum atomic E-state index is -3.10. The summed E-state index contributed by atoms with van der Waals surface area (Å²) in [6, 6.07) is 22.9. The first-order valence-corrected chi connectivity index (χ1v) is 21.2. The Kier molecular flexibility index (Phi) is 11.0. The van der Waals surface area contributed by atoms with Crippen molar-refractivity contribution in [3.05, 3.63) is 89.5 Å². The summed E-state index contributed by atoms with van der Waals surface area (Å²) in [5.41, 5.74) is 2.59. The highest BCUT2D eigenvalue weighted by atomic mass is 28.4. The smallest absolute Gasteiger partial charge is 0.305 e. The van der Waals surface area contributed by atoms with Crippen molar-refractivity contribution in [1.29, 1.82) is 0 Å². The third kappa shape index (κ3) is 7.04. The topological polar surface area (TPSA) is 137 Å². The molecule has 0 bridgehead atoms. The SMILES string of the molecule is COC(=O)CCCCN1C(=O)[C@@]2(O[C@@H](CC(=O)N(CCO)Cc3ccccc3)[C@H]([Si](C)(C)O)[C@H]2C)c2cc(N3C(=O)CCc4ccccc43)ccc21. The van der Waals surface area contributed by atoms with Gasteiger partial charge in [-0.3, -0.25) is 24.1 Å². The van der Waals surface area contributed by atoms with Gasteiger partial charge < -0.3 is 29.2 Å². The van der Waals surface area contributed by atoms with E-state index in [0.29, 0.717) is 55.7 Å². The standard InChI is InChI=1S/C40H49N3O8Si/c1-27-38(52(3,4)49)34(25-36(46)41(22-23-44)26-28-12-6-5-7-13-28)51-40(27)31-24-30(43-32-15-9-8-14-29(32)17-20-35(43)45)18-19-33(31)42(39(40)48)21-11-10-16-37(47)50-2/h5-9,12-15,18-19,24,27,34,38,44,49H,10-11,16-17,20-23,25-26H2,1-4H3/t27-,34+,38-,40+/m1/s1. The van der Waals surface area contributed by atoms with E-state index in [4.69, 9.17) is 9.47 Å². The third-order valence-corrected chi connectivity index (χ3v) is 13.4. The van der Waals surface area contributed by atoms with E-state index in [0.717, 1.165) is 16.8 Å². The number of benzene rings is 3. The maximum Gasteiger partial charge on any atom is 0.305 e. The van der Waals surface area contributed by atoms with Gasteiger partial charge in [0.25, 0.3) is 5.91 Å². The number of methoxy groups -OCH3 is 1. The lowest BCUT2D eigenvalue weighted by Crippen LogP contribution is -2.46. The minimum Gasteiger partial charge on any atom is -0.469 e. The van der Waals surface area contributed by atoms with Crippen LogP contribution in [-0.2, 0) is 47.2 Å². The fraction of sp³-hybridized carbons (Fsp3) is 0.450. The number of hydrogen-bond acceptors (Lipinski definition) is 8. The van der Waals surface area contributed by atoms with Crippen LogP contribution in [0.2, 0.25) is 18.6 Å². The number of fused-ring (bicyclic) bond motifs is 3. The molecule has 6 rings (SSSR count). The first kappa shape index (κ1) is 37.4. The van der Waals surface area contributed by atoms with E-state index in [1.54, 1.807) is 14.7 Å². The first-order valence-electron chi connectivity index (χ1n) is 18.2. The van der Waals surface area contributed by atoms with Crippen LogP contribution in [0.5, 0.6) is 0 Å². The molecule has 276 valence electrons. The van der Waals surface area contributed by atoms with E-state index >= 15 is 0 Å². The van der Waals surface area contributed by atoms with Crippen LogP contribution in [-0.4, -0.2) is 79.7 Å². The molecule has 0 aliphatic carbocycles. The van der Waals surface area contributed by atoms with Gasteiger partial charge in [-0.25, -0.2) is 0 Å². The fourth-order valence-corrected chi connectivity index (χ4v) is 11.1. The number of ether oxygens (including phenoxy) is 2. The molecule has 52 heavy (non-hydrogen) atoms. The number of aryl methyl sites for hydroxylation is 1. The number of nitrogens with zero attached hydrogens (tertiary/aromatic N) is 3. The van der Waals surface area contributed by atoms with Gasteiger partial charge in [0.15, 0.2) is 13.9 Å². The molecule has 0 aromatic heterocycles. The van der Waals surface area contributed by atoms with Crippen molar-refractivity contribution in [2.45, 2.75) is 82.3 Å². The molecule has 0 unspecified atom stereocenters. The highest BCUT2D eigenvalue weighted by Gasteiger charge is 2.66. The van der Waals surface area contributed by atoms with Crippen LogP contribution in [0.4, 0.5) is 17.1 Å². The quantitative estimate of drug-likeness (QED) is 0.139. The van der Waals surface area contributed by atoms with Crippen LogP contribution >= 0.6 is 0 Å². The van der Waals surface area contributed by atoms with Crippen LogP contribution in [0.25, 0.3) is 0 Å². The number of rotatable bonds is 13. The maximum absolute atomic E-state index is 14.9. The van der Waals surface area contributed by atoms with Crippen molar-refractivity contribution in [3.63, 3.8) is 0 Å². The molecular formula is C40H49N3O8Si. The summed E-state index contributed by atoms with van der Waals surface area (Å²) in [4.78, 5) is 71.1. The lowest BCUT2D eigenvalue weighted by atomic mass is 9.82.